The first kappa shape index (κ1) is 22.0. The Labute approximate surface area is 169 Å². The largest absolute Gasteiger partial charge is 0.451 e. The van der Waals surface area contributed by atoms with Gasteiger partial charge in [0.2, 0.25) is 5.78 Å². The number of Topliss-reactive ketones (excluding diaryl/α,β-unsaturated/α-hetero) is 1. The van der Waals surface area contributed by atoms with E-state index in [1.807, 2.05) is 19.9 Å². The Morgan fingerprint density at radius 1 is 1.14 bits per heavy atom. The number of esters is 1. The predicted molar refractivity (Wildman–Crippen MR) is 109 cm³/mol. The van der Waals surface area contributed by atoms with E-state index in [0.29, 0.717) is 24.4 Å². The molecule has 2 rings (SSSR count). The molecule has 1 N–H and O–H groups in total. The van der Waals surface area contributed by atoms with Crippen LogP contribution in [0, 0.1) is 24.0 Å². The van der Waals surface area contributed by atoms with Crippen molar-refractivity contribution in [1.82, 2.24) is 0 Å². The van der Waals surface area contributed by atoms with Gasteiger partial charge in [-0.3, -0.25) is 14.9 Å². The number of nitro benzene ring substituents is 1. The number of non-ortho nitro benzene ring substituents is 1. The van der Waals surface area contributed by atoms with Crippen LogP contribution >= 0.6 is 0 Å². The van der Waals surface area contributed by atoms with E-state index in [1.54, 1.807) is 12.1 Å². The van der Waals surface area contributed by atoms with E-state index in [0.717, 1.165) is 17.2 Å². The molecule has 0 fully saturated rings. The first-order valence-corrected chi connectivity index (χ1v) is 9.08. The Hall–Kier alpha value is -3.26. The van der Waals surface area contributed by atoms with Crippen LogP contribution in [0.3, 0.4) is 0 Å². The second-order valence-corrected chi connectivity index (χ2v) is 6.62. The number of benzene rings is 2. The summed E-state index contributed by atoms with van der Waals surface area (Å²) in [7, 11) is 1.53. The summed E-state index contributed by atoms with van der Waals surface area (Å²) in [5, 5.41) is 14.1. The molecule has 0 bridgehead atoms. The number of ether oxygens (including phenoxy) is 2. The summed E-state index contributed by atoms with van der Waals surface area (Å²) in [4.78, 5) is 35.8. The molecule has 0 aromatic heterocycles. The minimum absolute atomic E-state index is 0.0185. The van der Waals surface area contributed by atoms with Gasteiger partial charge in [-0.25, -0.2) is 4.79 Å². The van der Waals surface area contributed by atoms with Gasteiger partial charge in [0.15, 0.2) is 6.10 Å². The van der Waals surface area contributed by atoms with E-state index < -0.39 is 17.0 Å². The zero-order valence-electron chi connectivity index (χ0n) is 16.9. The maximum atomic E-state index is 12.7. The van der Waals surface area contributed by atoms with Gasteiger partial charge < -0.3 is 14.8 Å². The van der Waals surface area contributed by atoms with E-state index in [2.05, 4.69) is 5.32 Å². The van der Waals surface area contributed by atoms with Crippen LogP contribution in [0.2, 0.25) is 0 Å². The van der Waals surface area contributed by atoms with Crippen molar-refractivity contribution in [1.29, 1.82) is 0 Å². The third kappa shape index (κ3) is 5.61. The van der Waals surface area contributed by atoms with E-state index in [-0.39, 0.29) is 17.0 Å². The maximum absolute atomic E-state index is 12.7. The number of carbonyl (C=O) groups excluding carboxylic acids is 2. The number of ketones is 1. The molecule has 0 spiro atoms. The highest BCUT2D eigenvalue weighted by atomic mass is 16.6. The molecule has 8 nitrogen and oxygen atoms in total. The fraction of sp³-hybridized carbons (Fsp3) is 0.333. The highest BCUT2D eigenvalue weighted by molar-refractivity contribution is 6.03. The lowest BCUT2D eigenvalue weighted by Gasteiger charge is -2.15. The van der Waals surface area contributed by atoms with Crippen molar-refractivity contribution >= 4 is 23.1 Å². The molecule has 0 aliphatic rings. The van der Waals surface area contributed by atoms with Crippen molar-refractivity contribution < 1.29 is 24.0 Å². The smallest absolute Gasteiger partial charge is 0.341 e. The fourth-order valence-corrected chi connectivity index (χ4v) is 2.66. The summed E-state index contributed by atoms with van der Waals surface area (Å²) in [5.74, 6) is -1.17. The van der Waals surface area contributed by atoms with Crippen molar-refractivity contribution in [3.63, 3.8) is 0 Å². The molecule has 0 heterocycles. The fourth-order valence-electron chi connectivity index (χ4n) is 2.66. The molecule has 0 amide bonds. The van der Waals surface area contributed by atoms with Gasteiger partial charge in [-0.2, -0.15) is 0 Å². The number of rotatable bonds is 9. The minimum Gasteiger partial charge on any atom is -0.451 e. The lowest BCUT2D eigenvalue weighted by atomic mass is 10.0. The Bertz CT molecular complexity index is 925. The van der Waals surface area contributed by atoms with E-state index in [1.165, 1.54) is 26.2 Å². The molecule has 154 valence electrons. The molecular weight excluding hydrogens is 376 g/mol. The molecular formula is C21H24N2O6. The van der Waals surface area contributed by atoms with Gasteiger partial charge in [0, 0.05) is 37.0 Å². The van der Waals surface area contributed by atoms with Gasteiger partial charge in [0.1, 0.15) is 0 Å². The van der Waals surface area contributed by atoms with Crippen LogP contribution in [0.5, 0.6) is 0 Å². The van der Waals surface area contributed by atoms with Crippen LogP contribution in [-0.4, -0.2) is 43.0 Å². The van der Waals surface area contributed by atoms with E-state index >= 15 is 0 Å². The summed E-state index contributed by atoms with van der Waals surface area (Å²) in [6.07, 6.45) is -1.05. The Kier molecular flexibility index (Phi) is 7.44. The Balaban J connectivity index is 2.22. The monoisotopic (exact) mass is 400 g/mol. The Morgan fingerprint density at radius 2 is 1.86 bits per heavy atom. The molecule has 2 aromatic carbocycles. The molecule has 2 aromatic rings. The quantitative estimate of drug-likeness (QED) is 0.225. The number of methoxy groups -OCH3 is 1. The second kappa shape index (κ2) is 9.79. The highest BCUT2D eigenvalue weighted by Crippen LogP contribution is 2.24. The summed E-state index contributed by atoms with van der Waals surface area (Å²) in [6.45, 7) is 6.08. The minimum atomic E-state index is -1.05. The van der Waals surface area contributed by atoms with Gasteiger partial charge in [-0.15, -0.1) is 0 Å². The van der Waals surface area contributed by atoms with E-state index in [4.69, 9.17) is 9.47 Å². The maximum Gasteiger partial charge on any atom is 0.341 e. The van der Waals surface area contributed by atoms with Crippen molar-refractivity contribution in [2.75, 3.05) is 25.6 Å². The molecule has 0 aliphatic carbocycles. The van der Waals surface area contributed by atoms with Crippen LogP contribution in [-0.2, 0) is 9.47 Å². The summed E-state index contributed by atoms with van der Waals surface area (Å²) in [5.41, 5.74) is 2.54. The van der Waals surface area contributed by atoms with Gasteiger partial charge in [0.25, 0.3) is 5.69 Å². The van der Waals surface area contributed by atoms with Gasteiger partial charge in [-0.05, 0) is 44.0 Å². The molecule has 8 heteroatoms. The number of anilines is 1. The second-order valence-electron chi connectivity index (χ2n) is 6.62. The molecule has 0 aliphatic heterocycles. The zero-order valence-corrected chi connectivity index (χ0v) is 16.9. The van der Waals surface area contributed by atoms with Crippen LogP contribution < -0.4 is 5.32 Å². The summed E-state index contributed by atoms with van der Waals surface area (Å²) in [6, 6.07) is 9.10. The van der Waals surface area contributed by atoms with Crippen molar-refractivity contribution in [3.05, 3.63) is 68.8 Å². The summed E-state index contributed by atoms with van der Waals surface area (Å²) >= 11 is 0. The van der Waals surface area contributed by atoms with E-state index in [9.17, 15) is 19.7 Å². The first-order valence-electron chi connectivity index (χ1n) is 9.08. The summed E-state index contributed by atoms with van der Waals surface area (Å²) < 4.78 is 10.3. The van der Waals surface area contributed by atoms with Crippen LogP contribution in [0.1, 0.15) is 38.8 Å². The van der Waals surface area contributed by atoms with Gasteiger partial charge >= 0.3 is 5.97 Å². The van der Waals surface area contributed by atoms with Crippen LogP contribution in [0.15, 0.2) is 36.4 Å². The lowest BCUT2D eigenvalue weighted by Crippen LogP contribution is -2.25. The SMILES string of the molecule is COCCNc1ccc([N+](=O)[O-])cc1C(=O)O[C@H](C)C(=O)c1ccc(C)c(C)c1. The standard InChI is InChI=1S/C21H24N2O6/c1-13-5-6-16(11-14(13)2)20(24)15(3)29-21(25)18-12-17(23(26)27)7-8-19(18)22-9-10-28-4/h5-8,11-12,15,22H,9-10H2,1-4H3/t15-/m1/s1. The number of nitrogens with one attached hydrogen (secondary N) is 1. The van der Waals surface area contributed by atoms with Gasteiger partial charge in [0.05, 0.1) is 17.1 Å². The van der Waals surface area contributed by atoms with Crippen molar-refractivity contribution in [3.8, 4) is 0 Å². The Morgan fingerprint density at radius 3 is 2.48 bits per heavy atom. The number of aryl methyl sites for hydroxylation is 2. The molecule has 0 saturated heterocycles. The molecule has 29 heavy (non-hydrogen) atoms. The van der Waals surface area contributed by atoms with Crippen molar-refractivity contribution in [2.24, 2.45) is 0 Å². The number of hydrogen-bond donors (Lipinski definition) is 1. The number of hydrogen-bond acceptors (Lipinski definition) is 7. The van der Waals surface area contributed by atoms with Crippen LogP contribution in [0.25, 0.3) is 0 Å². The van der Waals surface area contributed by atoms with Crippen LogP contribution in [0.4, 0.5) is 11.4 Å². The third-order valence-corrected chi connectivity index (χ3v) is 4.50. The molecule has 1 atom stereocenters. The van der Waals surface area contributed by atoms with Gasteiger partial charge in [-0.1, -0.05) is 12.1 Å². The third-order valence-electron chi connectivity index (χ3n) is 4.50. The number of carbonyl (C=O) groups is 2. The normalized spacial score (nSPS) is 11.6. The molecule has 0 radical (unpaired) electrons. The van der Waals surface area contributed by atoms with Crippen molar-refractivity contribution in [2.45, 2.75) is 26.9 Å². The molecule has 0 saturated carbocycles. The predicted octanol–water partition coefficient (Wildman–Crippen LogP) is 3.70. The highest BCUT2D eigenvalue weighted by Gasteiger charge is 2.24. The number of nitrogens with zero attached hydrogens (tertiary/aromatic N) is 1. The topological polar surface area (TPSA) is 108 Å². The molecule has 0 unspecified atom stereocenters. The first-order chi connectivity index (χ1) is 13.7. The average Bonchev–Trinajstić information content (AvgIpc) is 2.69. The zero-order chi connectivity index (χ0) is 21.6. The lowest BCUT2D eigenvalue weighted by molar-refractivity contribution is -0.384. The number of nitro groups is 1. The average molecular weight is 400 g/mol.